The van der Waals surface area contributed by atoms with E-state index in [2.05, 4.69) is 30.4 Å². The van der Waals surface area contributed by atoms with E-state index in [0.717, 1.165) is 19.5 Å². The average Bonchev–Trinajstić information content (AvgIpc) is 3.00. The van der Waals surface area contributed by atoms with Gasteiger partial charge in [-0.15, -0.1) is 0 Å². The number of nitrogens with one attached hydrogen (secondary N) is 1. The molecule has 1 saturated heterocycles. The number of carbonyl (C=O) groups is 1. The molecule has 1 heterocycles. The van der Waals surface area contributed by atoms with E-state index in [0.29, 0.717) is 36.7 Å². The maximum absolute atomic E-state index is 13.1. The Labute approximate surface area is 191 Å². The third-order valence-corrected chi connectivity index (χ3v) is 6.94. The molecular formula is C24H33N3O4S. The van der Waals surface area contributed by atoms with Crippen molar-refractivity contribution in [1.82, 2.24) is 9.80 Å². The Hall–Kier alpha value is -2.58. The molecule has 0 saturated carbocycles. The highest BCUT2D eigenvalue weighted by Crippen LogP contribution is 2.22. The molecular weight excluding hydrogens is 426 g/mol. The molecule has 0 unspecified atom stereocenters. The Kier molecular flexibility index (Phi) is 7.46. The first-order chi connectivity index (χ1) is 15.1. The van der Waals surface area contributed by atoms with E-state index in [1.807, 2.05) is 11.8 Å². The number of hydrogen-bond acceptors (Lipinski definition) is 5. The van der Waals surface area contributed by atoms with Crippen molar-refractivity contribution >= 4 is 21.6 Å². The van der Waals surface area contributed by atoms with Crippen molar-refractivity contribution < 1.29 is 17.9 Å². The smallest absolute Gasteiger partial charge is 0.261 e. The summed E-state index contributed by atoms with van der Waals surface area (Å²) < 4.78 is 33.5. The predicted octanol–water partition coefficient (Wildman–Crippen LogP) is 3.83. The molecule has 0 aromatic heterocycles. The molecule has 0 aliphatic carbocycles. The molecule has 174 valence electrons. The lowest BCUT2D eigenvalue weighted by atomic mass is 10.1. The van der Waals surface area contributed by atoms with Gasteiger partial charge in [-0.25, -0.2) is 8.42 Å². The van der Waals surface area contributed by atoms with Gasteiger partial charge in [0.05, 0.1) is 11.5 Å². The van der Waals surface area contributed by atoms with E-state index in [1.54, 1.807) is 36.4 Å². The van der Waals surface area contributed by atoms with Crippen LogP contribution in [0.3, 0.4) is 0 Å². The Balaban J connectivity index is 1.71. The van der Waals surface area contributed by atoms with Gasteiger partial charge in [0.1, 0.15) is 5.75 Å². The van der Waals surface area contributed by atoms with Crippen LogP contribution in [0.25, 0.3) is 0 Å². The van der Waals surface area contributed by atoms with Crippen molar-refractivity contribution in [3.63, 3.8) is 0 Å². The van der Waals surface area contributed by atoms with Gasteiger partial charge in [-0.05, 0) is 76.6 Å². The number of anilines is 1. The average molecular weight is 460 g/mol. The molecule has 32 heavy (non-hydrogen) atoms. The summed E-state index contributed by atoms with van der Waals surface area (Å²) in [5.74, 6) is 0.532. The molecule has 1 aliphatic heterocycles. The minimum absolute atomic E-state index is 0.0676. The fourth-order valence-corrected chi connectivity index (χ4v) is 4.83. The molecule has 0 radical (unpaired) electrons. The fraction of sp³-hybridized carbons (Fsp3) is 0.458. The van der Waals surface area contributed by atoms with Crippen LogP contribution in [0.15, 0.2) is 53.4 Å². The quantitative estimate of drug-likeness (QED) is 0.710. The van der Waals surface area contributed by atoms with E-state index >= 15 is 0 Å². The summed E-state index contributed by atoms with van der Waals surface area (Å²) in [6.07, 6.45) is 0.910. The van der Waals surface area contributed by atoms with Gasteiger partial charge < -0.3 is 9.64 Å². The molecule has 1 N–H and O–H groups in total. The van der Waals surface area contributed by atoms with E-state index in [4.69, 9.17) is 4.74 Å². The van der Waals surface area contributed by atoms with Gasteiger partial charge in [0.2, 0.25) is 0 Å². The summed E-state index contributed by atoms with van der Waals surface area (Å²) in [7, 11) is -3.78. The second-order valence-electron chi connectivity index (χ2n) is 8.89. The van der Waals surface area contributed by atoms with Gasteiger partial charge in [-0.1, -0.05) is 6.07 Å². The Morgan fingerprint density at radius 3 is 2.41 bits per heavy atom. The van der Waals surface area contributed by atoms with E-state index in [1.165, 1.54) is 12.1 Å². The van der Waals surface area contributed by atoms with Crippen LogP contribution < -0.4 is 9.46 Å². The van der Waals surface area contributed by atoms with Gasteiger partial charge in [0.25, 0.3) is 15.9 Å². The first-order valence-electron chi connectivity index (χ1n) is 11.0. The minimum atomic E-state index is -3.78. The third kappa shape index (κ3) is 6.01. The zero-order valence-corrected chi connectivity index (χ0v) is 20.1. The normalized spacial score (nSPS) is 15.8. The second-order valence-corrected chi connectivity index (χ2v) is 10.6. The summed E-state index contributed by atoms with van der Waals surface area (Å²) in [6, 6.07) is 12.9. The maximum Gasteiger partial charge on any atom is 0.261 e. The number of amides is 1. The SMILES string of the molecule is CCOc1ccc(S(=O)(=O)Nc2cccc(C(=O)N3CCCN(C(C)(C)C)CC3)c2)cc1. The molecule has 3 rings (SSSR count). The summed E-state index contributed by atoms with van der Waals surface area (Å²) in [4.78, 5) is 17.5. The first-order valence-corrected chi connectivity index (χ1v) is 12.5. The molecule has 1 aliphatic rings. The van der Waals surface area contributed by atoms with E-state index in [9.17, 15) is 13.2 Å². The Morgan fingerprint density at radius 2 is 1.75 bits per heavy atom. The van der Waals surface area contributed by atoms with Gasteiger partial charge in [-0.3, -0.25) is 14.4 Å². The van der Waals surface area contributed by atoms with Crippen molar-refractivity contribution in [2.24, 2.45) is 0 Å². The third-order valence-electron chi connectivity index (χ3n) is 5.54. The fourth-order valence-electron chi connectivity index (χ4n) is 3.79. The van der Waals surface area contributed by atoms with Crippen molar-refractivity contribution in [1.29, 1.82) is 0 Å². The van der Waals surface area contributed by atoms with Crippen LogP contribution in [0, 0.1) is 0 Å². The van der Waals surface area contributed by atoms with Crippen LogP contribution in [0.5, 0.6) is 5.75 Å². The highest BCUT2D eigenvalue weighted by Gasteiger charge is 2.26. The Morgan fingerprint density at radius 1 is 1.03 bits per heavy atom. The van der Waals surface area contributed by atoms with Gasteiger partial charge >= 0.3 is 0 Å². The molecule has 0 spiro atoms. The molecule has 1 amide bonds. The summed E-state index contributed by atoms with van der Waals surface area (Å²) >= 11 is 0. The monoisotopic (exact) mass is 459 g/mol. The minimum Gasteiger partial charge on any atom is -0.494 e. The first kappa shape index (κ1) is 24.1. The lowest BCUT2D eigenvalue weighted by Crippen LogP contribution is -2.44. The molecule has 7 nitrogen and oxygen atoms in total. The van der Waals surface area contributed by atoms with E-state index < -0.39 is 10.0 Å². The topological polar surface area (TPSA) is 78.9 Å². The van der Waals surface area contributed by atoms with Gasteiger partial charge in [0, 0.05) is 43.0 Å². The summed E-state index contributed by atoms with van der Waals surface area (Å²) in [6.45, 7) is 12.0. The zero-order valence-electron chi connectivity index (χ0n) is 19.3. The van der Waals surface area contributed by atoms with E-state index in [-0.39, 0.29) is 16.3 Å². The van der Waals surface area contributed by atoms with Crippen molar-refractivity contribution in [3.05, 3.63) is 54.1 Å². The second kappa shape index (κ2) is 9.92. The van der Waals surface area contributed by atoms with Crippen LogP contribution in [0.1, 0.15) is 44.5 Å². The lowest BCUT2D eigenvalue weighted by molar-refractivity contribution is 0.0749. The van der Waals surface area contributed by atoms with Crippen LogP contribution in [-0.4, -0.2) is 62.4 Å². The van der Waals surface area contributed by atoms with Crippen molar-refractivity contribution in [3.8, 4) is 5.75 Å². The lowest BCUT2D eigenvalue weighted by Gasteiger charge is -2.34. The van der Waals surface area contributed by atoms with Gasteiger partial charge in [0.15, 0.2) is 0 Å². The summed E-state index contributed by atoms with van der Waals surface area (Å²) in [5.41, 5.74) is 0.898. The zero-order chi connectivity index (χ0) is 23.4. The van der Waals surface area contributed by atoms with Crippen LogP contribution in [-0.2, 0) is 10.0 Å². The number of hydrogen-bond donors (Lipinski definition) is 1. The summed E-state index contributed by atoms with van der Waals surface area (Å²) in [5, 5.41) is 0. The predicted molar refractivity (Wildman–Crippen MR) is 127 cm³/mol. The molecule has 2 aromatic rings. The largest absolute Gasteiger partial charge is 0.494 e. The van der Waals surface area contributed by atoms with Crippen molar-refractivity contribution in [2.45, 2.75) is 44.6 Å². The van der Waals surface area contributed by atoms with Crippen molar-refractivity contribution in [2.75, 3.05) is 37.5 Å². The molecule has 0 atom stereocenters. The Bertz CT molecular complexity index is 1030. The highest BCUT2D eigenvalue weighted by molar-refractivity contribution is 7.92. The van der Waals surface area contributed by atoms with Crippen LogP contribution in [0.2, 0.25) is 0 Å². The number of rotatable bonds is 6. The molecule has 2 aromatic carbocycles. The molecule has 1 fully saturated rings. The number of ether oxygens (including phenoxy) is 1. The number of sulfonamides is 1. The standard InChI is InChI=1S/C24H33N3O4S/c1-5-31-21-10-12-22(13-11-21)32(29,30)25-20-9-6-8-19(18-20)23(28)26-14-7-15-27(17-16-26)24(2,3)4/h6,8-13,18,25H,5,7,14-17H2,1-4H3. The van der Waals surface area contributed by atoms with Gasteiger partial charge in [-0.2, -0.15) is 0 Å². The highest BCUT2D eigenvalue weighted by atomic mass is 32.2. The number of benzene rings is 2. The van der Waals surface area contributed by atoms with Crippen LogP contribution in [0.4, 0.5) is 5.69 Å². The molecule has 0 bridgehead atoms. The number of carbonyl (C=O) groups excluding carboxylic acids is 1. The van der Waals surface area contributed by atoms with Crippen LogP contribution >= 0.6 is 0 Å². The molecule has 8 heteroatoms. The number of nitrogens with zero attached hydrogens (tertiary/aromatic N) is 2. The maximum atomic E-state index is 13.1.